The van der Waals surface area contributed by atoms with Gasteiger partial charge in [0, 0.05) is 12.3 Å². The van der Waals surface area contributed by atoms with E-state index in [2.05, 4.69) is 19.6 Å². The molecule has 0 spiro atoms. The van der Waals surface area contributed by atoms with E-state index >= 15 is 0 Å². The van der Waals surface area contributed by atoms with Crippen LogP contribution in [0, 0.1) is 0 Å². The highest BCUT2D eigenvalue weighted by molar-refractivity contribution is 5.24. The third kappa shape index (κ3) is 2.81. The van der Waals surface area contributed by atoms with E-state index in [-0.39, 0.29) is 5.82 Å². The van der Waals surface area contributed by atoms with E-state index in [1.54, 1.807) is 6.07 Å². The number of hydrogen-bond acceptors (Lipinski definition) is 6. The molecule has 0 aromatic carbocycles. The number of aromatic nitrogens is 3. The summed E-state index contributed by atoms with van der Waals surface area (Å²) in [6.45, 7) is 0. The van der Waals surface area contributed by atoms with Gasteiger partial charge < -0.3 is 15.0 Å². The summed E-state index contributed by atoms with van der Waals surface area (Å²) in [5.74, 6) is -1.33. The van der Waals surface area contributed by atoms with E-state index in [0.717, 1.165) is 0 Å². The van der Waals surface area contributed by atoms with Crippen LogP contribution in [0.5, 0.6) is 5.88 Å². The summed E-state index contributed by atoms with van der Waals surface area (Å²) in [5.41, 5.74) is 6.17. The Bertz CT molecular complexity index is 553. The van der Waals surface area contributed by atoms with Crippen LogP contribution in [0.2, 0.25) is 0 Å². The van der Waals surface area contributed by atoms with Crippen molar-refractivity contribution in [2.45, 2.75) is 12.2 Å². The third-order valence-electron chi connectivity index (χ3n) is 2.29. The van der Waals surface area contributed by atoms with Gasteiger partial charge in [-0.1, -0.05) is 11.2 Å². The number of nitrogens with two attached hydrogens (primary N) is 1. The molecule has 2 heterocycles. The van der Waals surface area contributed by atoms with Crippen LogP contribution in [0.4, 0.5) is 13.2 Å². The van der Waals surface area contributed by atoms with E-state index in [1.165, 1.54) is 19.4 Å². The Morgan fingerprint density at radius 3 is 2.58 bits per heavy atom. The van der Waals surface area contributed by atoms with Gasteiger partial charge in [-0.15, -0.1) is 0 Å². The van der Waals surface area contributed by atoms with Crippen molar-refractivity contribution in [3.8, 4) is 5.88 Å². The summed E-state index contributed by atoms with van der Waals surface area (Å²) in [6.07, 6.45) is -3.32. The molecule has 0 aliphatic rings. The predicted molar refractivity (Wildman–Crippen MR) is 56.1 cm³/mol. The Balaban J connectivity index is 2.23. The number of pyridine rings is 1. The fraction of sp³-hybridized carbons (Fsp3) is 0.300. The average molecular weight is 274 g/mol. The molecular weight excluding hydrogens is 265 g/mol. The van der Waals surface area contributed by atoms with Gasteiger partial charge in [-0.2, -0.15) is 18.2 Å². The lowest BCUT2D eigenvalue weighted by atomic mass is 10.1. The minimum absolute atomic E-state index is 0.265. The molecule has 1 unspecified atom stereocenters. The minimum atomic E-state index is -4.69. The average Bonchev–Trinajstić information content (AvgIpc) is 2.87. The smallest absolute Gasteiger partial charge is 0.471 e. The number of hydrogen-bond donors (Lipinski definition) is 1. The molecule has 0 bridgehead atoms. The van der Waals surface area contributed by atoms with Crippen LogP contribution in [0.25, 0.3) is 0 Å². The Kier molecular flexibility index (Phi) is 3.38. The molecule has 0 aliphatic heterocycles. The first-order valence-corrected chi connectivity index (χ1v) is 5.08. The molecule has 2 aromatic heterocycles. The number of halogens is 3. The van der Waals surface area contributed by atoms with E-state index in [4.69, 9.17) is 10.5 Å². The zero-order chi connectivity index (χ0) is 14.0. The van der Waals surface area contributed by atoms with Gasteiger partial charge in [0.2, 0.25) is 5.88 Å². The van der Waals surface area contributed by atoms with Crippen LogP contribution in [-0.2, 0) is 6.18 Å². The zero-order valence-corrected chi connectivity index (χ0v) is 9.68. The fourth-order valence-electron chi connectivity index (χ4n) is 1.32. The topological polar surface area (TPSA) is 87.1 Å². The summed E-state index contributed by atoms with van der Waals surface area (Å²) >= 11 is 0. The summed E-state index contributed by atoms with van der Waals surface area (Å²) in [5, 5.41) is 3.21. The maximum Gasteiger partial charge on any atom is 0.471 e. The normalized spacial score (nSPS) is 13.3. The molecule has 0 amide bonds. The minimum Gasteiger partial charge on any atom is -0.481 e. The molecule has 0 radical (unpaired) electrons. The van der Waals surface area contributed by atoms with E-state index in [9.17, 15) is 13.2 Å². The monoisotopic (exact) mass is 274 g/mol. The zero-order valence-electron chi connectivity index (χ0n) is 9.68. The molecule has 2 N–H and O–H groups in total. The summed E-state index contributed by atoms with van der Waals surface area (Å²) in [7, 11) is 1.44. The lowest BCUT2D eigenvalue weighted by Gasteiger charge is -2.07. The number of ether oxygens (including phenoxy) is 1. The van der Waals surface area contributed by atoms with Crippen LogP contribution >= 0.6 is 0 Å². The van der Waals surface area contributed by atoms with Crippen molar-refractivity contribution in [2.24, 2.45) is 5.73 Å². The number of nitrogens with zero attached hydrogens (tertiary/aromatic N) is 3. The van der Waals surface area contributed by atoms with Gasteiger partial charge in [0.25, 0.3) is 0 Å². The van der Waals surface area contributed by atoms with E-state index < -0.39 is 18.1 Å². The maximum atomic E-state index is 12.3. The molecule has 6 nitrogen and oxygen atoms in total. The Hall–Kier alpha value is -2.16. The highest BCUT2D eigenvalue weighted by atomic mass is 19.4. The van der Waals surface area contributed by atoms with Crippen LogP contribution in [-0.4, -0.2) is 22.2 Å². The largest absolute Gasteiger partial charge is 0.481 e. The molecule has 102 valence electrons. The second-order valence-corrected chi connectivity index (χ2v) is 3.57. The van der Waals surface area contributed by atoms with Crippen LogP contribution in [0.15, 0.2) is 22.9 Å². The highest BCUT2D eigenvalue weighted by Gasteiger charge is 2.39. The molecule has 0 aliphatic carbocycles. The molecule has 9 heteroatoms. The molecule has 2 aromatic rings. The standard InChI is InChI=1S/C10H9F3N4O2/c1-18-6-3-2-5(4-15-6)7(14)8-16-9(19-17-8)10(11,12)13/h2-4,7H,14H2,1H3. The summed E-state index contributed by atoms with van der Waals surface area (Å²) in [6, 6.07) is 2.12. The first kappa shape index (κ1) is 13.3. The van der Waals surface area contributed by atoms with Crippen molar-refractivity contribution in [2.75, 3.05) is 7.11 Å². The second kappa shape index (κ2) is 4.84. The van der Waals surface area contributed by atoms with Crippen LogP contribution < -0.4 is 10.5 Å². The number of rotatable bonds is 3. The first-order chi connectivity index (χ1) is 8.91. The fourth-order valence-corrected chi connectivity index (χ4v) is 1.32. The highest BCUT2D eigenvalue weighted by Crippen LogP contribution is 2.28. The molecular formula is C10H9F3N4O2. The number of alkyl halides is 3. The van der Waals surface area contributed by atoms with Crippen LogP contribution in [0.3, 0.4) is 0 Å². The quantitative estimate of drug-likeness (QED) is 0.913. The van der Waals surface area contributed by atoms with E-state index in [1.807, 2.05) is 0 Å². The van der Waals surface area contributed by atoms with Crippen molar-refractivity contribution in [3.63, 3.8) is 0 Å². The maximum absolute atomic E-state index is 12.3. The lowest BCUT2D eigenvalue weighted by molar-refractivity contribution is -0.159. The predicted octanol–water partition coefficient (Wildman–Crippen LogP) is 1.54. The lowest BCUT2D eigenvalue weighted by Crippen LogP contribution is -2.14. The molecule has 0 fully saturated rings. The Morgan fingerprint density at radius 1 is 1.37 bits per heavy atom. The summed E-state index contributed by atoms with van der Waals surface area (Å²) < 4.78 is 45.9. The van der Waals surface area contributed by atoms with Crippen molar-refractivity contribution in [1.82, 2.24) is 15.1 Å². The third-order valence-corrected chi connectivity index (χ3v) is 2.29. The SMILES string of the molecule is COc1ccc(C(N)c2noc(C(F)(F)F)n2)cn1. The van der Waals surface area contributed by atoms with Crippen molar-refractivity contribution < 1.29 is 22.4 Å². The Morgan fingerprint density at radius 2 is 2.11 bits per heavy atom. The van der Waals surface area contributed by atoms with E-state index in [0.29, 0.717) is 11.4 Å². The Labute approximate surface area is 105 Å². The molecule has 0 saturated carbocycles. The van der Waals surface area contributed by atoms with Crippen LogP contribution in [0.1, 0.15) is 23.3 Å². The summed E-state index contributed by atoms with van der Waals surface area (Å²) in [4.78, 5) is 7.10. The first-order valence-electron chi connectivity index (χ1n) is 5.08. The van der Waals surface area contributed by atoms with Gasteiger partial charge in [-0.05, 0) is 5.56 Å². The van der Waals surface area contributed by atoms with Gasteiger partial charge in [0.05, 0.1) is 13.2 Å². The van der Waals surface area contributed by atoms with Crippen molar-refractivity contribution in [3.05, 3.63) is 35.6 Å². The number of methoxy groups -OCH3 is 1. The van der Waals surface area contributed by atoms with Crippen molar-refractivity contribution in [1.29, 1.82) is 0 Å². The van der Waals surface area contributed by atoms with Gasteiger partial charge in [0.15, 0.2) is 5.82 Å². The molecule has 1 atom stereocenters. The molecule has 0 saturated heterocycles. The molecule has 2 rings (SSSR count). The molecule has 19 heavy (non-hydrogen) atoms. The van der Waals surface area contributed by atoms with Crippen molar-refractivity contribution >= 4 is 0 Å². The van der Waals surface area contributed by atoms with Gasteiger partial charge in [-0.25, -0.2) is 4.98 Å². The second-order valence-electron chi connectivity index (χ2n) is 3.57. The van der Waals surface area contributed by atoms with Gasteiger partial charge in [-0.3, -0.25) is 0 Å². The van der Waals surface area contributed by atoms with Gasteiger partial charge in [0.1, 0.15) is 0 Å². The van der Waals surface area contributed by atoms with Gasteiger partial charge >= 0.3 is 12.1 Å².